The standard InChI is InChI=1S/C42H30/c1-29-19-20-34-15-10-18-39-41(34)40(29)37-16-8-9-17-38(37)42(39,35-25-21-32(22-26-35)30-11-4-2-5-12-30)36-27-23-33(24-28-36)31-13-6-3-7-14-31/h2-28H,1H3. The van der Waals surface area contributed by atoms with Crippen LogP contribution in [0.3, 0.4) is 0 Å². The first-order valence-electron chi connectivity index (χ1n) is 14.7. The van der Waals surface area contributed by atoms with E-state index in [1.54, 1.807) is 0 Å². The number of hydrogen-bond acceptors (Lipinski definition) is 0. The van der Waals surface area contributed by atoms with Crippen LogP contribution in [0.1, 0.15) is 27.8 Å². The van der Waals surface area contributed by atoms with Gasteiger partial charge in [-0.15, -0.1) is 0 Å². The molecule has 0 spiro atoms. The van der Waals surface area contributed by atoms with Gasteiger partial charge in [-0.2, -0.15) is 0 Å². The minimum absolute atomic E-state index is 0.471. The van der Waals surface area contributed by atoms with Gasteiger partial charge in [0.25, 0.3) is 0 Å². The van der Waals surface area contributed by atoms with Crippen LogP contribution in [-0.4, -0.2) is 0 Å². The largest absolute Gasteiger partial charge is 0.0713 e. The molecule has 0 aromatic heterocycles. The molecule has 0 amide bonds. The quantitative estimate of drug-likeness (QED) is 0.211. The lowest BCUT2D eigenvalue weighted by Gasteiger charge is -2.42. The summed E-state index contributed by atoms with van der Waals surface area (Å²) in [5.74, 6) is 0. The molecule has 7 aromatic carbocycles. The fourth-order valence-electron chi connectivity index (χ4n) is 7.19. The lowest BCUT2D eigenvalue weighted by molar-refractivity contribution is 0.750. The second kappa shape index (κ2) is 9.72. The summed E-state index contributed by atoms with van der Waals surface area (Å²) in [5, 5.41) is 2.64. The average molecular weight is 535 g/mol. The molecule has 0 bridgehead atoms. The summed E-state index contributed by atoms with van der Waals surface area (Å²) in [4.78, 5) is 0. The van der Waals surface area contributed by atoms with Crippen LogP contribution in [0.25, 0.3) is 44.2 Å². The van der Waals surface area contributed by atoms with Crippen LogP contribution in [-0.2, 0) is 5.41 Å². The van der Waals surface area contributed by atoms with Gasteiger partial charge in [-0.25, -0.2) is 0 Å². The Labute approximate surface area is 247 Å². The van der Waals surface area contributed by atoms with Crippen LogP contribution >= 0.6 is 0 Å². The second-order valence-electron chi connectivity index (χ2n) is 11.3. The number of rotatable bonds is 4. The van der Waals surface area contributed by atoms with Gasteiger partial charge in [-0.05, 0) is 78.9 Å². The minimum atomic E-state index is -0.471. The zero-order chi connectivity index (χ0) is 28.1. The molecule has 0 nitrogen and oxygen atoms in total. The van der Waals surface area contributed by atoms with Crippen LogP contribution in [0.5, 0.6) is 0 Å². The van der Waals surface area contributed by atoms with E-state index in [2.05, 4.69) is 171 Å². The molecule has 0 radical (unpaired) electrons. The van der Waals surface area contributed by atoms with Gasteiger partial charge in [-0.1, -0.05) is 164 Å². The zero-order valence-electron chi connectivity index (χ0n) is 23.6. The summed E-state index contributed by atoms with van der Waals surface area (Å²) in [5.41, 5.74) is 13.7. The van der Waals surface area contributed by atoms with Crippen LogP contribution in [0, 0.1) is 6.92 Å². The highest BCUT2D eigenvalue weighted by Crippen LogP contribution is 2.56. The molecule has 0 fully saturated rings. The minimum Gasteiger partial charge on any atom is -0.0622 e. The number of fused-ring (bicyclic) bond motifs is 2. The molecule has 0 saturated carbocycles. The number of aryl methyl sites for hydroxylation is 1. The molecule has 0 atom stereocenters. The van der Waals surface area contributed by atoms with E-state index < -0.39 is 5.41 Å². The molecule has 0 aliphatic heterocycles. The normalized spacial score (nSPS) is 13.1. The topological polar surface area (TPSA) is 0 Å². The first kappa shape index (κ1) is 24.6. The molecule has 0 N–H and O–H groups in total. The molecular weight excluding hydrogens is 504 g/mol. The van der Waals surface area contributed by atoms with Crippen LogP contribution in [0.15, 0.2) is 164 Å². The third-order valence-electron chi connectivity index (χ3n) is 9.11. The maximum Gasteiger partial charge on any atom is 0.0713 e. The van der Waals surface area contributed by atoms with Crippen molar-refractivity contribution in [3.8, 4) is 33.4 Å². The van der Waals surface area contributed by atoms with Gasteiger partial charge < -0.3 is 0 Å². The molecule has 0 heterocycles. The highest BCUT2D eigenvalue weighted by Gasteiger charge is 2.44. The van der Waals surface area contributed by atoms with Crippen LogP contribution in [0.2, 0.25) is 0 Å². The van der Waals surface area contributed by atoms with Crippen LogP contribution in [0.4, 0.5) is 0 Å². The van der Waals surface area contributed by atoms with E-state index in [0.29, 0.717) is 0 Å². The predicted octanol–water partition coefficient (Wildman–Crippen LogP) is 10.8. The first-order valence-corrected chi connectivity index (χ1v) is 14.7. The third-order valence-corrected chi connectivity index (χ3v) is 9.11. The summed E-state index contributed by atoms with van der Waals surface area (Å²) in [6.45, 7) is 2.25. The molecule has 1 aliphatic carbocycles. The van der Waals surface area contributed by atoms with E-state index >= 15 is 0 Å². The van der Waals surface area contributed by atoms with Crippen molar-refractivity contribution in [1.29, 1.82) is 0 Å². The monoisotopic (exact) mass is 534 g/mol. The van der Waals surface area contributed by atoms with E-state index in [9.17, 15) is 0 Å². The Morgan fingerprint density at radius 3 is 1.48 bits per heavy atom. The Balaban J connectivity index is 1.45. The van der Waals surface area contributed by atoms with Crippen molar-refractivity contribution in [3.63, 3.8) is 0 Å². The molecule has 8 rings (SSSR count). The Bertz CT molecular complexity index is 1970. The highest BCUT2D eigenvalue weighted by molar-refractivity contribution is 6.06. The van der Waals surface area contributed by atoms with Crippen molar-refractivity contribution in [3.05, 3.63) is 192 Å². The van der Waals surface area contributed by atoms with Gasteiger partial charge in [0, 0.05) is 0 Å². The van der Waals surface area contributed by atoms with Gasteiger partial charge in [0.05, 0.1) is 5.41 Å². The van der Waals surface area contributed by atoms with Crippen molar-refractivity contribution < 1.29 is 0 Å². The van der Waals surface area contributed by atoms with Crippen molar-refractivity contribution in [2.75, 3.05) is 0 Å². The Kier molecular flexibility index (Phi) is 5.69. The van der Waals surface area contributed by atoms with Crippen molar-refractivity contribution >= 4 is 10.8 Å². The second-order valence-corrected chi connectivity index (χ2v) is 11.3. The Hall–Kier alpha value is -5.20. The molecule has 198 valence electrons. The summed E-state index contributed by atoms with van der Waals surface area (Å²) >= 11 is 0. The van der Waals surface area contributed by atoms with Gasteiger partial charge in [0.2, 0.25) is 0 Å². The smallest absolute Gasteiger partial charge is 0.0622 e. The van der Waals surface area contributed by atoms with Crippen molar-refractivity contribution in [2.45, 2.75) is 12.3 Å². The van der Waals surface area contributed by atoms with Gasteiger partial charge in [-0.3, -0.25) is 0 Å². The molecule has 42 heavy (non-hydrogen) atoms. The maximum absolute atomic E-state index is 2.36. The SMILES string of the molecule is Cc1ccc2cccc3c2c1-c1ccccc1C3(c1ccc(-c2ccccc2)cc1)c1ccc(-c2ccccc2)cc1. The molecule has 7 aromatic rings. The molecule has 0 unspecified atom stereocenters. The summed E-state index contributed by atoms with van der Waals surface area (Å²) in [7, 11) is 0. The zero-order valence-corrected chi connectivity index (χ0v) is 23.6. The fraction of sp³-hybridized carbons (Fsp3) is 0.0476. The van der Waals surface area contributed by atoms with E-state index in [-0.39, 0.29) is 0 Å². The predicted molar refractivity (Wildman–Crippen MR) is 177 cm³/mol. The number of hydrogen-bond donors (Lipinski definition) is 0. The van der Waals surface area contributed by atoms with E-state index in [4.69, 9.17) is 0 Å². The third kappa shape index (κ3) is 3.62. The molecule has 0 heteroatoms. The average Bonchev–Trinajstić information content (AvgIpc) is 3.07. The first-order chi connectivity index (χ1) is 20.7. The van der Waals surface area contributed by atoms with Gasteiger partial charge >= 0.3 is 0 Å². The Morgan fingerprint density at radius 1 is 0.381 bits per heavy atom. The summed E-state index contributed by atoms with van der Waals surface area (Å²) < 4.78 is 0. The van der Waals surface area contributed by atoms with E-state index in [1.807, 2.05) is 0 Å². The number of benzene rings is 7. The van der Waals surface area contributed by atoms with Crippen molar-refractivity contribution in [1.82, 2.24) is 0 Å². The van der Waals surface area contributed by atoms with Crippen LogP contribution < -0.4 is 0 Å². The Morgan fingerprint density at radius 2 is 0.881 bits per heavy atom. The summed E-state index contributed by atoms with van der Waals surface area (Å²) in [6, 6.07) is 60.3. The van der Waals surface area contributed by atoms with Gasteiger partial charge in [0.1, 0.15) is 0 Å². The van der Waals surface area contributed by atoms with Gasteiger partial charge in [0.15, 0.2) is 0 Å². The van der Waals surface area contributed by atoms with Crippen molar-refractivity contribution in [2.24, 2.45) is 0 Å². The summed E-state index contributed by atoms with van der Waals surface area (Å²) in [6.07, 6.45) is 0. The molecular formula is C42H30. The molecule has 0 saturated heterocycles. The highest BCUT2D eigenvalue weighted by atomic mass is 14.5. The lowest BCUT2D eigenvalue weighted by Crippen LogP contribution is -2.34. The van der Waals surface area contributed by atoms with E-state index in [1.165, 1.54) is 72.0 Å². The molecule has 1 aliphatic rings. The fourth-order valence-corrected chi connectivity index (χ4v) is 7.19. The van der Waals surface area contributed by atoms with E-state index in [0.717, 1.165) is 0 Å². The lowest BCUT2D eigenvalue weighted by atomic mass is 9.59. The maximum atomic E-state index is 2.36.